The first-order valence-corrected chi connectivity index (χ1v) is 12.4. The summed E-state index contributed by atoms with van der Waals surface area (Å²) in [6, 6.07) is 4.94. The molecule has 3 rings (SSSR count). The van der Waals surface area contributed by atoms with Gasteiger partial charge < -0.3 is 15.2 Å². The molecule has 1 aromatic heterocycles. The zero-order valence-corrected chi connectivity index (χ0v) is 18.8. The zero-order valence-electron chi connectivity index (χ0n) is 17.3. The molecule has 1 atom stereocenters. The van der Waals surface area contributed by atoms with E-state index in [2.05, 4.69) is 15.3 Å². The molecule has 1 aliphatic carbocycles. The van der Waals surface area contributed by atoms with Gasteiger partial charge in [-0.2, -0.15) is 0 Å². The number of halogens is 1. The highest BCUT2D eigenvalue weighted by Gasteiger charge is 2.29. The van der Waals surface area contributed by atoms with Crippen molar-refractivity contribution in [3.63, 3.8) is 0 Å². The Kier molecular flexibility index (Phi) is 7.85. The normalized spacial score (nSPS) is 15.6. The van der Waals surface area contributed by atoms with Crippen molar-refractivity contribution in [3.8, 4) is 5.88 Å². The minimum absolute atomic E-state index is 0.0752. The van der Waals surface area contributed by atoms with Crippen molar-refractivity contribution in [2.75, 3.05) is 24.8 Å². The topological polar surface area (TPSA) is 118 Å². The lowest BCUT2D eigenvalue weighted by Crippen LogP contribution is -2.20. The molecule has 2 aromatic rings. The van der Waals surface area contributed by atoms with E-state index in [4.69, 9.17) is 21.4 Å². The lowest BCUT2D eigenvalue weighted by molar-refractivity contribution is -0.116. The second-order valence-electron chi connectivity index (χ2n) is 7.68. The van der Waals surface area contributed by atoms with Crippen LogP contribution in [0.25, 0.3) is 0 Å². The molecule has 1 unspecified atom stereocenters. The van der Waals surface area contributed by atoms with Crippen LogP contribution in [0, 0.1) is 5.92 Å². The summed E-state index contributed by atoms with van der Waals surface area (Å²) in [6.07, 6.45) is 8.37. The van der Waals surface area contributed by atoms with Crippen LogP contribution in [0.2, 0.25) is 5.02 Å². The molecule has 0 radical (unpaired) electrons. The van der Waals surface area contributed by atoms with Crippen LogP contribution in [0.1, 0.15) is 43.6 Å². The van der Waals surface area contributed by atoms with Crippen molar-refractivity contribution in [1.29, 1.82) is 0 Å². The number of anilines is 1. The Labute approximate surface area is 186 Å². The zero-order chi connectivity index (χ0) is 22.4. The van der Waals surface area contributed by atoms with Crippen molar-refractivity contribution in [2.45, 2.75) is 42.9 Å². The summed E-state index contributed by atoms with van der Waals surface area (Å²) in [5.74, 6) is 0.604. The fourth-order valence-corrected chi connectivity index (χ4v) is 5.30. The number of hydrogen-bond donors (Lipinski definition) is 2. The fraction of sp³-hybridized carbons (Fsp3) is 0.476. The SMILES string of the molecule is CS(=O)(=O)c1ccc(C(CC(=O)Nc2cnc(OCCO)cn2)C2CCCC2)cc1Cl. The first-order chi connectivity index (χ1) is 14.8. The molecule has 31 heavy (non-hydrogen) atoms. The lowest BCUT2D eigenvalue weighted by atomic mass is 9.82. The number of ether oxygens (including phenoxy) is 1. The van der Waals surface area contributed by atoms with Gasteiger partial charge >= 0.3 is 0 Å². The largest absolute Gasteiger partial charge is 0.474 e. The number of nitrogens with one attached hydrogen (secondary N) is 1. The van der Waals surface area contributed by atoms with Gasteiger partial charge in [0.05, 0.1) is 28.9 Å². The number of aromatic nitrogens is 2. The van der Waals surface area contributed by atoms with Gasteiger partial charge in [0.25, 0.3) is 0 Å². The maximum absolute atomic E-state index is 12.7. The molecule has 10 heteroatoms. The minimum Gasteiger partial charge on any atom is -0.474 e. The second kappa shape index (κ2) is 10.4. The molecule has 0 bridgehead atoms. The van der Waals surface area contributed by atoms with E-state index >= 15 is 0 Å². The number of aliphatic hydroxyl groups excluding tert-OH is 1. The molecule has 0 spiro atoms. The van der Waals surface area contributed by atoms with E-state index < -0.39 is 9.84 Å². The van der Waals surface area contributed by atoms with Gasteiger partial charge in [-0.25, -0.2) is 18.4 Å². The molecule has 0 saturated heterocycles. The highest BCUT2D eigenvalue weighted by Crippen LogP contribution is 2.40. The van der Waals surface area contributed by atoms with Crippen LogP contribution in [-0.2, 0) is 14.6 Å². The summed E-state index contributed by atoms with van der Waals surface area (Å²) in [5.41, 5.74) is 0.860. The van der Waals surface area contributed by atoms with Crippen molar-refractivity contribution in [3.05, 3.63) is 41.2 Å². The molecule has 168 valence electrons. The van der Waals surface area contributed by atoms with Crippen molar-refractivity contribution < 1.29 is 23.1 Å². The Morgan fingerprint density at radius 1 is 1.29 bits per heavy atom. The maximum Gasteiger partial charge on any atom is 0.232 e. The highest BCUT2D eigenvalue weighted by atomic mass is 35.5. The third-order valence-corrected chi connectivity index (χ3v) is 6.97. The van der Waals surface area contributed by atoms with E-state index in [0.29, 0.717) is 11.7 Å². The van der Waals surface area contributed by atoms with Crippen molar-refractivity contribution in [1.82, 2.24) is 9.97 Å². The first-order valence-electron chi connectivity index (χ1n) is 10.1. The Hall–Kier alpha value is -2.23. The molecule has 1 aliphatic rings. The van der Waals surface area contributed by atoms with Gasteiger partial charge in [0, 0.05) is 12.7 Å². The van der Waals surface area contributed by atoms with Crippen LogP contribution in [0.5, 0.6) is 5.88 Å². The standard InChI is InChI=1S/C21H26ClN3O5S/c1-31(28,29)18-7-6-15(10-17(18)22)16(14-4-2-3-5-14)11-20(27)25-19-12-24-21(13-23-19)30-9-8-26/h6-7,10,12-14,16,26H,2-5,8-9,11H2,1H3,(H,23,25,27). The third kappa shape index (κ3) is 6.38. The minimum atomic E-state index is -3.42. The summed E-state index contributed by atoms with van der Waals surface area (Å²) in [7, 11) is -3.42. The maximum atomic E-state index is 12.7. The van der Waals surface area contributed by atoms with E-state index in [9.17, 15) is 13.2 Å². The molecular weight excluding hydrogens is 442 g/mol. The van der Waals surface area contributed by atoms with Gasteiger partial charge in [0.2, 0.25) is 11.8 Å². The number of aliphatic hydroxyl groups is 1. The smallest absolute Gasteiger partial charge is 0.232 e. The predicted octanol–water partition coefficient (Wildman–Crippen LogP) is 3.21. The van der Waals surface area contributed by atoms with Gasteiger partial charge in [-0.1, -0.05) is 30.5 Å². The molecule has 8 nitrogen and oxygen atoms in total. The van der Waals surface area contributed by atoms with Crippen molar-refractivity contribution in [2.24, 2.45) is 5.92 Å². The molecule has 1 fully saturated rings. The summed E-state index contributed by atoms with van der Waals surface area (Å²) >= 11 is 6.26. The molecule has 2 N–H and O–H groups in total. The Balaban J connectivity index is 1.74. The van der Waals surface area contributed by atoms with E-state index in [1.165, 1.54) is 18.5 Å². The number of nitrogens with zero attached hydrogens (tertiary/aromatic N) is 2. The summed E-state index contributed by atoms with van der Waals surface area (Å²) in [6.45, 7) is -0.0119. The number of carbonyl (C=O) groups is 1. The number of hydrogen-bond acceptors (Lipinski definition) is 7. The Bertz CT molecular complexity index is 1010. The monoisotopic (exact) mass is 467 g/mol. The van der Waals surface area contributed by atoms with Crippen LogP contribution in [0.15, 0.2) is 35.5 Å². The molecular formula is C21H26ClN3O5S. The van der Waals surface area contributed by atoms with Crippen LogP contribution >= 0.6 is 11.6 Å². The van der Waals surface area contributed by atoms with Gasteiger partial charge in [0.1, 0.15) is 6.61 Å². The van der Waals surface area contributed by atoms with E-state index in [1.807, 2.05) is 0 Å². The van der Waals surface area contributed by atoms with Gasteiger partial charge in [-0.05, 0) is 42.4 Å². The molecule has 0 aliphatic heterocycles. The van der Waals surface area contributed by atoms with Crippen molar-refractivity contribution >= 4 is 33.2 Å². The summed E-state index contributed by atoms with van der Waals surface area (Å²) in [5, 5.41) is 11.7. The number of rotatable bonds is 9. The Morgan fingerprint density at radius 2 is 2.03 bits per heavy atom. The highest BCUT2D eigenvalue weighted by molar-refractivity contribution is 7.90. The van der Waals surface area contributed by atoms with E-state index in [1.54, 1.807) is 12.1 Å². The second-order valence-corrected chi connectivity index (χ2v) is 10.1. The number of benzene rings is 1. The summed E-state index contributed by atoms with van der Waals surface area (Å²) in [4.78, 5) is 21.0. The molecule has 1 heterocycles. The van der Waals surface area contributed by atoms with Crippen LogP contribution in [0.4, 0.5) is 5.82 Å². The third-order valence-electron chi connectivity index (χ3n) is 5.39. The Morgan fingerprint density at radius 3 is 2.61 bits per heavy atom. The van der Waals surface area contributed by atoms with Gasteiger partial charge in [-0.15, -0.1) is 0 Å². The van der Waals surface area contributed by atoms with Crippen LogP contribution in [0.3, 0.4) is 0 Å². The fourth-order valence-electron chi connectivity index (χ4n) is 3.96. The van der Waals surface area contributed by atoms with Crippen LogP contribution < -0.4 is 10.1 Å². The van der Waals surface area contributed by atoms with Crippen LogP contribution in [-0.4, -0.2) is 48.9 Å². The van der Waals surface area contributed by atoms with Gasteiger partial charge in [0.15, 0.2) is 15.7 Å². The summed E-state index contributed by atoms with van der Waals surface area (Å²) < 4.78 is 28.9. The van der Waals surface area contributed by atoms with E-state index in [-0.39, 0.29) is 47.3 Å². The number of carbonyl (C=O) groups excluding carboxylic acids is 1. The molecule has 1 aromatic carbocycles. The molecule has 1 amide bonds. The first kappa shape index (κ1) is 23.4. The molecule has 1 saturated carbocycles. The predicted molar refractivity (Wildman–Crippen MR) is 117 cm³/mol. The number of amides is 1. The number of sulfone groups is 1. The quantitative estimate of drug-likeness (QED) is 0.581. The van der Waals surface area contributed by atoms with E-state index in [0.717, 1.165) is 37.5 Å². The average Bonchev–Trinajstić information content (AvgIpc) is 3.25. The van der Waals surface area contributed by atoms with Gasteiger partial charge in [-0.3, -0.25) is 4.79 Å². The average molecular weight is 468 g/mol. The lowest BCUT2D eigenvalue weighted by Gasteiger charge is -2.24.